The van der Waals surface area contributed by atoms with Gasteiger partial charge in [0, 0.05) is 51.9 Å². The maximum absolute atomic E-state index is 13.4. The number of aromatic nitrogens is 1. The molecule has 16 heteroatoms. The molecule has 3 atom stereocenters. The number of urea groups is 1. The van der Waals surface area contributed by atoms with E-state index in [0.29, 0.717) is 18.8 Å². The number of nitrogens with one attached hydrogen (secondary N) is 5. The summed E-state index contributed by atoms with van der Waals surface area (Å²) in [4.78, 5) is 75.9. The summed E-state index contributed by atoms with van der Waals surface area (Å²) in [5.74, 6) is -4.17. The second-order valence-corrected chi connectivity index (χ2v) is 13.1. The Morgan fingerprint density at radius 3 is 2.17 bits per heavy atom. The molecular formula is C31H44IN6O9+. The molecule has 3 rings (SSSR count). The molecule has 0 saturated heterocycles. The summed E-state index contributed by atoms with van der Waals surface area (Å²) in [6, 6.07) is 1.24. The zero-order valence-corrected chi connectivity index (χ0v) is 28.2. The minimum absolute atomic E-state index is 0.00438. The molecule has 0 unspecified atom stereocenters. The van der Waals surface area contributed by atoms with Crippen molar-refractivity contribution in [1.29, 1.82) is 0 Å². The fraction of sp³-hybridized carbons (Fsp3) is 0.548. The summed E-state index contributed by atoms with van der Waals surface area (Å²) in [5, 5.41) is 38.6. The van der Waals surface area contributed by atoms with Gasteiger partial charge in [0.15, 0.2) is 0 Å². The number of quaternary nitrogens is 1. The normalized spacial score (nSPS) is 18.0. The van der Waals surface area contributed by atoms with E-state index in [2.05, 4.69) is 54.6 Å². The standard InChI is InChI=1S/C31H43IN6O9/c32-20-8-9-22-21(14-20)19(16-35-22)13-25(36-27(41)18-6-4-17(15-33)5-7-18)28(42)34-12-2-1-3-23(29(43)44)37-31(47)38-24(30(45)46)10-11-26(39)40/h8-9,14,16-18,23-25,35H,1-7,10-13,15,33H2,(H,34,42)(H,36,41)(H,39,40)(H,43,44)(H,45,46)(H2,37,38,47)/p+1/t17?,18?,23-,24-,25+/m0/s1. The highest BCUT2D eigenvalue weighted by molar-refractivity contribution is 14.1. The van der Waals surface area contributed by atoms with Crippen molar-refractivity contribution in [3.63, 3.8) is 0 Å². The molecule has 1 aliphatic rings. The SMILES string of the molecule is [NH3+]CC1CCC(C(=O)N[C@H](Cc2c[nH]c3ccc(I)cc23)C(=O)NCCCC[C@H](NC(=O)N[C@@H](CCC(=O)O)C(=O)O)C(=O)O)CC1. The molecule has 15 nitrogen and oxygen atoms in total. The van der Waals surface area contributed by atoms with E-state index in [9.17, 15) is 39.0 Å². The molecular weight excluding hydrogens is 727 g/mol. The Morgan fingerprint density at radius 1 is 0.894 bits per heavy atom. The van der Waals surface area contributed by atoms with Crippen LogP contribution >= 0.6 is 22.6 Å². The molecule has 258 valence electrons. The number of amides is 4. The monoisotopic (exact) mass is 771 g/mol. The minimum Gasteiger partial charge on any atom is -0.481 e. The van der Waals surface area contributed by atoms with Crippen LogP contribution in [0.15, 0.2) is 24.4 Å². The van der Waals surface area contributed by atoms with Crippen LogP contribution in [0.3, 0.4) is 0 Å². The molecule has 2 aromatic rings. The van der Waals surface area contributed by atoms with Crippen molar-refractivity contribution in [2.45, 2.75) is 82.3 Å². The van der Waals surface area contributed by atoms with E-state index in [-0.39, 0.29) is 43.5 Å². The van der Waals surface area contributed by atoms with E-state index < -0.39 is 48.5 Å². The summed E-state index contributed by atoms with van der Waals surface area (Å²) >= 11 is 2.22. The molecule has 0 radical (unpaired) electrons. The van der Waals surface area contributed by atoms with E-state index in [0.717, 1.165) is 52.3 Å². The third kappa shape index (κ3) is 12.0. The third-order valence-corrected chi connectivity index (χ3v) is 9.16. The predicted molar refractivity (Wildman–Crippen MR) is 178 cm³/mol. The van der Waals surface area contributed by atoms with E-state index in [4.69, 9.17) is 5.11 Å². The van der Waals surface area contributed by atoms with Gasteiger partial charge in [-0.3, -0.25) is 14.4 Å². The molecule has 0 aliphatic heterocycles. The maximum Gasteiger partial charge on any atom is 0.326 e. The van der Waals surface area contributed by atoms with Crippen LogP contribution in [0.5, 0.6) is 0 Å². The van der Waals surface area contributed by atoms with Gasteiger partial charge in [0.05, 0.1) is 6.54 Å². The number of hydrogen-bond acceptors (Lipinski definition) is 6. The van der Waals surface area contributed by atoms with E-state index >= 15 is 0 Å². The van der Waals surface area contributed by atoms with Gasteiger partial charge >= 0.3 is 23.9 Å². The van der Waals surface area contributed by atoms with Crippen LogP contribution in [0.2, 0.25) is 0 Å². The number of carbonyl (C=O) groups excluding carboxylic acids is 3. The van der Waals surface area contributed by atoms with Gasteiger partial charge in [0.25, 0.3) is 0 Å². The van der Waals surface area contributed by atoms with Crippen LogP contribution in [0.1, 0.15) is 63.4 Å². The van der Waals surface area contributed by atoms with E-state index in [1.165, 1.54) is 0 Å². The lowest BCUT2D eigenvalue weighted by Gasteiger charge is -2.27. The van der Waals surface area contributed by atoms with Crippen LogP contribution in [-0.2, 0) is 30.4 Å². The highest BCUT2D eigenvalue weighted by atomic mass is 127. The molecule has 4 amide bonds. The molecule has 0 spiro atoms. The van der Waals surface area contributed by atoms with Gasteiger partial charge in [-0.15, -0.1) is 0 Å². The van der Waals surface area contributed by atoms with Gasteiger partial charge in [-0.2, -0.15) is 0 Å². The fourth-order valence-electron chi connectivity index (χ4n) is 5.70. The first kappa shape index (κ1) is 37.5. The maximum atomic E-state index is 13.4. The number of aliphatic carboxylic acids is 3. The van der Waals surface area contributed by atoms with Crippen molar-refractivity contribution >= 4 is 69.2 Å². The first-order valence-corrected chi connectivity index (χ1v) is 16.8. The van der Waals surface area contributed by atoms with Gasteiger partial charge in [-0.1, -0.05) is 0 Å². The Hall–Kier alpha value is -3.93. The molecule has 47 heavy (non-hydrogen) atoms. The van der Waals surface area contributed by atoms with Gasteiger partial charge in [-0.05, 0) is 97.7 Å². The average molecular weight is 772 g/mol. The number of hydrogen-bond donors (Lipinski definition) is 9. The van der Waals surface area contributed by atoms with Crippen molar-refractivity contribution in [3.8, 4) is 0 Å². The van der Waals surface area contributed by atoms with Gasteiger partial charge < -0.3 is 47.3 Å². The largest absolute Gasteiger partial charge is 0.481 e. The van der Waals surface area contributed by atoms with Crippen molar-refractivity contribution in [3.05, 3.63) is 33.5 Å². The quantitative estimate of drug-likeness (QED) is 0.0779. The molecule has 1 aromatic heterocycles. The minimum atomic E-state index is -1.50. The zero-order chi connectivity index (χ0) is 34.5. The van der Waals surface area contributed by atoms with Crippen LogP contribution in [0.25, 0.3) is 10.9 Å². The van der Waals surface area contributed by atoms with Crippen LogP contribution in [-0.4, -0.2) is 87.3 Å². The Morgan fingerprint density at radius 2 is 1.55 bits per heavy atom. The summed E-state index contributed by atoms with van der Waals surface area (Å²) in [6.45, 7) is 1.04. The van der Waals surface area contributed by atoms with Crippen molar-refractivity contribution in [1.82, 2.24) is 26.3 Å². The smallest absolute Gasteiger partial charge is 0.326 e. The number of rotatable bonds is 18. The highest BCUT2D eigenvalue weighted by Gasteiger charge is 2.30. The topological polar surface area (TPSA) is 255 Å². The van der Waals surface area contributed by atoms with Crippen molar-refractivity contribution < 1.29 is 49.8 Å². The predicted octanol–water partition coefficient (Wildman–Crippen LogP) is 1.21. The van der Waals surface area contributed by atoms with Gasteiger partial charge in [-0.25, -0.2) is 14.4 Å². The highest BCUT2D eigenvalue weighted by Crippen LogP contribution is 2.28. The number of H-pyrrole nitrogens is 1. The molecule has 1 fully saturated rings. The van der Waals surface area contributed by atoms with Crippen molar-refractivity contribution in [2.75, 3.05) is 13.1 Å². The first-order valence-electron chi connectivity index (χ1n) is 15.7. The Balaban J connectivity index is 1.55. The van der Waals surface area contributed by atoms with E-state index in [1.54, 1.807) is 0 Å². The summed E-state index contributed by atoms with van der Waals surface area (Å²) in [6.07, 6.45) is 5.28. The molecule has 0 bridgehead atoms. The lowest BCUT2D eigenvalue weighted by molar-refractivity contribution is -0.380. The number of unbranched alkanes of at least 4 members (excludes halogenated alkanes) is 1. The number of fused-ring (bicyclic) bond motifs is 1. The summed E-state index contributed by atoms with van der Waals surface area (Å²) < 4.78 is 1.04. The van der Waals surface area contributed by atoms with Crippen LogP contribution in [0, 0.1) is 15.4 Å². The third-order valence-electron chi connectivity index (χ3n) is 8.48. The number of carbonyl (C=O) groups is 6. The zero-order valence-electron chi connectivity index (χ0n) is 26.1. The van der Waals surface area contributed by atoms with Crippen LogP contribution in [0.4, 0.5) is 4.79 Å². The average Bonchev–Trinajstić information content (AvgIpc) is 3.42. The molecule has 1 aliphatic carbocycles. The van der Waals surface area contributed by atoms with E-state index in [1.807, 2.05) is 24.4 Å². The molecule has 1 aromatic carbocycles. The number of benzene rings is 1. The Bertz CT molecular complexity index is 1430. The first-order chi connectivity index (χ1) is 22.4. The van der Waals surface area contributed by atoms with Crippen molar-refractivity contribution in [2.24, 2.45) is 11.8 Å². The summed E-state index contributed by atoms with van der Waals surface area (Å²) in [5.41, 5.74) is 5.79. The number of carboxylic acid groups (broad SMARTS) is 3. The van der Waals surface area contributed by atoms with Gasteiger partial charge in [0.1, 0.15) is 18.1 Å². The van der Waals surface area contributed by atoms with Crippen LogP contribution < -0.4 is 27.0 Å². The second kappa shape index (κ2) is 18.4. The van der Waals surface area contributed by atoms with Gasteiger partial charge in [0.2, 0.25) is 11.8 Å². The second-order valence-electron chi connectivity index (χ2n) is 11.9. The molecule has 1 saturated carbocycles. The Kier molecular flexibility index (Phi) is 14.7. The molecule has 1 heterocycles. The summed E-state index contributed by atoms with van der Waals surface area (Å²) in [7, 11) is 0. The lowest BCUT2D eigenvalue weighted by Crippen LogP contribution is -2.54. The lowest BCUT2D eigenvalue weighted by atomic mass is 9.81. The number of carboxylic acids is 3. The number of aromatic amines is 1. The fourth-order valence-corrected chi connectivity index (χ4v) is 6.19. The number of halogens is 1. The molecule has 11 N–H and O–H groups in total. The Labute approximate surface area is 285 Å².